The van der Waals surface area contributed by atoms with Gasteiger partial charge in [0.2, 0.25) is 0 Å². The van der Waals surface area contributed by atoms with Gasteiger partial charge in [0, 0.05) is 20.2 Å². The first-order chi connectivity index (χ1) is 9.99. The van der Waals surface area contributed by atoms with Crippen molar-refractivity contribution in [3.8, 4) is 0 Å². The summed E-state index contributed by atoms with van der Waals surface area (Å²) < 4.78 is 5.80. The number of hydrogen-bond acceptors (Lipinski definition) is 3. The minimum absolute atomic E-state index is 0.420. The molecule has 0 heterocycles. The van der Waals surface area contributed by atoms with Crippen LogP contribution in [0.2, 0.25) is 10.0 Å². The minimum atomic E-state index is -0.688. The van der Waals surface area contributed by atoms with Crippen molar-refractivity contribution in [1.82, 2.24) is 0 Å². The van der Waals surface area contributed by atoms with E-state index in [0.717, 1.165) is 10.2 Å². The highest BCUT2D eigenvalue weighted by molar-refractivity contribution is 9.10. The van der Waals surface area contributed by atoms with E-state index in [1.807, 2.05) is 24.3 Å². The molecule has 0 bridgehead atoms. The summed E-state index contributed by atoms with van der Waals surface area (Å²) in [5.74, 6) is -0.420. The predicted octanol–water partition coefficient (Wildman–Crippen LogP) is 5.08. The lowest BCUT2D eigenvalue weighted by Crippen LogP contribution is -2.22. The summed E-state index contributed by atoms with van der Waals surface area (Å²) in [6.45, 7) is 0. The maximum atomic E-state index is 12.0. The lowest BCUT2D eigenvalue weighted by Gasteiger charge is -2.18. The summed E-state index contributed by atoms with van der Waals surface area (Å²) in [6, 6.07) is 11.7. The van der Waals surface area contributed by atoms with Gasteiger partial charge in [-0.1, -0.05) is 39.1 Å². The van der Waals surface area contributed by atoms with Crippen LogP contribution in [-0.2, 0) is 9.53 Å². The third-order valence-electron chi connectivity index (χ3n) is 2.81. The molecule has 2 aromatic rings. The fourth-order valence-corrected chi connectivity index (χ4v) is 2.66. The predicted molar refractivity (Wildman–Crippen MR) is 89.0 cm³/mol. The van der Waals surface area contributed by atoms with Crippen molar-refractivity contribution in [3.63, 3.8) is 0 Å². The van der Waals surface area contributed by atoms with Crippen LogP contribution >= 0.6 is 39.1 Å². The van der Waals surface area contributed by atoms with E-state index in [0.29, 0.717) is 15.6 Å². The van der Waals surface area contributed by atoms with Crippen LogP contribution in [0.4, 0.5) is 5.69 Å². The Morgan fingerprint density at radius 2 is 1.71 bits per heavy atom. The van der Waals surface area contributed by atoms with Gasteiger partial charge in [-0.05, 0) is 48.0 Å². The summed E-state index contributed by atoms with van der Waals surface area (Å²) in [5.41, 5.74) is 1.42. The number of ether oxygens (including phenoxy) is 1. The smallest absolute Gasteiger partial charge is 0.332 e. The Bertz CT molecular complexity index is 626. The van der Waals surface area contributed by atoms with Gasteiger partial charge in [0.1, 0.15) is 0 Å². The quantitative estimate of drug-likeness (QED) is 0.742. The van der Waals surface area contributed by atoms with Crippen LogP contribution in [0, 0.1) is 0 Å². The monoisotopic (exact) mass is 387 g/mol. The maximum Gasteiger partial charge on any atom is 0.332 e. The average Bonchev–Trinajstić information content (AvgIpc) is 2.44. The Morgan fingerprint density at radius 1 is 1.14 bits per heavy atom. The first kappa shape index (κ1) is 16.1. The van der Waals surface area contributed by atoms with E-state index < -0.39 is 12.0 Å². The molecule has 0 fully saturated rings. The molecular formula is C15H12BrCl2NO2. The standard InChI is InChI=1S/C15H12BrCl2NO2/c1-21-15(20)14(9-6-11(17)8-12(18)7-9)19-13-4-2-10(16)3-5-13/h2-8,14,19H,1H3. The zero-order valence-corrected chi connectivity index (χ0v) is 14.2. The number of anilines is 1. The topological polar surface area (TPSA) is 38.3 Å². The van der Waals surface area contributed by atoms with E-state index in [1.165, 1.54) is 7.11 Å². The number of esters is 1. The van der Waals surface area contributed by atoms with Gasteiger partial charge < -0.3 is 10.1 Å². The fraction of sp³-hybridized carbons (Fsp3) is 0.133. The third kappa shape index (κ3) is 4.37. The van der Waals surface area contributed by atoms with E-state index in [2.05, 4.69) is 21.2 Å². The zero-order valence-electron chi connectivity index (χ0n) is 11.1. The summed E-state index contributed by atoms with van der Waals surface area (Å²) in [7, 11) is 1.34. The number of carbonyl (C=O) groups is 1. The molecule has 1 N–H and O–H groups in total. The minimum Gasteiger partial charge on any atom is -0.467 e. The van der Waals surface area contributed by atoms with E-state index in [1.54, 1.807) is 18.2 Å². The SMILES string of the molecule is COC(=O)C(Nc1ccc(Br)cc1)c1cc(Cl)cc(Cl)c1. The Kier molecular flexibility index (Phi) is 5.51. The van der Waals surface area contributed by atoms with E-state index >= 15 is 0 Å². The van der Waals surface area contributed by atoms with Crippen LogP contribution in [0.25, 0.3) is 0 Å². The van der Waals surface area contributed by atoms with Crippen LogP contribution in [0.15, 0.2) is 46.9 Å². The Labute approximate surface area is 141 Å². The number of rotatable bonds is 4. The van der Waals surface area contributed by atoms with Crippen LogP contribution in [-0.4, -0.2) is 13.1 Å². The number of halogens is 3. The molecule has 2 rings (SSSR count). The van der Waals surface area contributed by atoms with Crippen LogP contribution in [0.5, 0.6) is 0 Å². The van der Waals surface area contributed by atoms with Crippen molar-refractivity contribution >= 4 is 50.8 Å². The third-order valence-corrected chi connectivity index (χ3v) is 3.78. The number of benzene rings is 2. The van der Waals surface area contributed by atoms with E-state index in [9.17, 15) is 4.79 Å². The molecule has 0 aliphatic rings. The summed E-state index contributed by atoms with van der Waals surface area (Å²) in [6.07, 6.45) is 0. The highest BCUT2D eigenvalue weighted by Gasteiger charge is 2.22. The van der Waals surface area contributed by atoms with Crippen molar-refractivity contribution in [2.24, 2.45) is 0 Å². The number of methoxy groups -OCH3 is 1. The van der Waals surface area contributed by atoms with Crippen LogP contribution in [0.3, 0.4) is 0 Å². The largest absolute Gasteiger partial charge is 0.467 e. The molecule has 0 saturated carbocycles. The molecule has 0 spiro atoms. The Morgan fingerprint density at radius 3 is 2.24 bits per heavy atom. The van der Waals surface area contributed by atoms with Gasteiger partial charge in [-0.15, -0.1) is 0 Å². The van der Waals surface area contributed by atoms with Crippen molar-refractivity contribution in [2.45, 2.75) is 6.04 Å². The molecule has 3 nitrogen and oxygen atoms in total. The second-order valence-corrected chi connectivity index (χ2v) is 6.10. The molecule has 0 amide bonds. The van der Waals surface area contributed by atoms with Crippen LogP contribution in [0.1, 0.15) is 11.6 Å². The first-order valence-electron chi connectivity index (χ1n) is 6.05. The Balaban J connectivity index is 2.34. The number of carbonyl (C=O) groups excluding carboxylic acids is 1. The molecule has 0 saturated heterocycles. The summed E-state index contributed by atoms with van der Waals surface area (Å²) >= 11 is 15.4. The zero-order chi connectivity index (χ0) is 15.4. The maximum absolute atomic E-state index is 12.0. The molecule has 0 aliphatic heterocycles. The first-order valence-corrected chi connectivity index (χ1v) is 7.60. The van der Waals surface area contributed by atoms with Gasteiger partial charge >= 0.3 is 5.97 Å². The van der Waals surface area contributed by atoms with E-state index in [4.69, 9.17) is 27.9 Å². The molecule has 21 heavy (non-hydrogen) atoms. The van der Waals surface area contributed by atoms with Gasteiger partial charge in [0.15, 0.2) is 6.04 Å². The summed E-state index contributed by atoms with van der Waals surface area (Å²) in [4.78, 5) is 12.0. The molecular weight excluding hydrogens is 377 g/mol. The van der Waals surface area contributed by atoms with Crippen molar-refractivity contribution < 1.29 is 9.53 Å². The molecule has 0 radical (unpaired) electrons. The van der Waals surface area contributed by atoms with Crippen molar-refractivity contribution in [2.75, 3.05) is 12.4 Å². The fourth-order valence-electron chi connectivity index (χ4n) is 1.85. The highest BCUT2D eigenvalue weighted by atomic mass is 79.9. The summed E-state index contributed by atoms with van der Waals surface area (Å²) in [5, 5.41) is 4.04. The van der Waals surface area contributed by atoms with Gasteiger partial charge in [-0.3, -0.25) is 0 Å². The molecule has 6 heteroatoms. The second-order valence-electron chi connectivity index (χ2n) is 4.31. The molecule has 1 atom stereocenters. The second kappa shape index (κ2) is 7.16. The number of hydrogen-bond donors (Lipinski definition) is 1. The van der Waals surface area contributed by atoms with Gasteiger partial charge in [-0.25, -0.2) is 4.79 Å². The Hall–Kier alpha value is -1.23. The van der Waals surface area contributed by atoms with Gasteiger partial charge in [-0.2, -0.15) is 0 Å². The average molecular weight is 389 g/mol. The molecule has 2 aromatic carbocycles. The lowest BCUT2D eigenvalue weighted by molar-refractivity contribution is -0.141. The van der Waals surface area contributed by atoms with Crippen molar-refractivity contribution in [3.05, 3.63) is 62.5 Å². The highest BCUT2D eigenvalue weighted by Crippen LogP contribution is 2.27. The van der Waals surface area contributed by atoms with E-state index in [-0.39, 0.29) is 0 Å². The lowest BCUT2D eigenvalue weighted by atomic mass is 10.1. The molecule has 0 aliphatic carbocycles. The normalized spacial score (nSPS) is 11.8. The number of nitrogens with one attached hydrogen (secondary N) is 1. The molecule has 0 aromatic heterocycles. The molecule has 110 valence electrons. The molecule has 1 unspecified atom stereocenters. The van der Waals surface area contributed by atoms with Crippen LogP contribution < -0.4 is 5.32 Å². The van der Waals surface area contributed by atoms with Gasteiger partial charge in [0.25, 0.3) is 0 Å². The van der Waals surface area contributed by atoms with Crippen molar-refractivity contribution in [1.29, 1.82) is 0 Å². The van der Waals surface area contributed by atoms with Gasteiger partial charge in [0.05, 0.1) is 7.11 Å².